The topological polar surface area (TPSA) is 125 Å². The second-order valence-corrected chi connectivity index (χ2v) is 6.24. The number of carbonyl (C=O) groups excluding carboxylic acids is 1. The summed E-state index contributed by atoms with van der Waals surface area (Å²) in [5.41, 5.74) is 1.14. The molecule has 0 aliphatic carbocycles. The number of amides is 1. The minimum absolute atomic E-state index is 0.00483. The average Bonchev–Trinajstić information content (AvgIpc) is 2.65. The lowest BCUT2D eigenvalue weighted by Gasteiger charge is -2.17. The van der Waals surface area contributed by atoms with Gasteiger partial charge in [-0.05, 0) is 23.5 Å². The van der Waals surface area contributed by atoms with Crippen molar-refractivity contribution in [3.63, 3.8) is 0 Å². The van der Waals surface area contributed by atoms with Gasteiger partial charge in [-0.3, -0.25) is 0 Å². The van der Waals surface area contributed by atoms with Gasteiger partial charge >= 0.3 is 11.0 Å². The molecule has 1 amide bonds. The number of fused-ring (bicyclic) bond motifs is 1. The van der Waals surface area contributed by atoms with Crippen LogP contribution < -0.4 is 28.5 Å². The van der Waals surface area contributed by atoms with Crippen LogP contribution in [0.25, 0.3) is 10.2 Å². The lowest BCUT2D eigenvalue weighted by Crippen LogP contribution is -2.68. The van der Waals surface area contributed by atoms with E-state index in [-0.39, 0.29) is 11.8 Å². The van der Waals surface area contributed by atoms with Gasteiger partial charge in [0.1, 0.15) is 5.52 Å². The van der Waals surface area contributed by atoms with Crippen molar-refractivity contribution in [1.82, 2.24) is 0 Å². The molecule has 0 bridgehead atoms. The molecule has 0 saturated heterocycles. The first-order valence-electron chi connectivity index (χ1n) is 5.89. The molecule has 0 aliphatic heterocycles. The number of nitrogens with zero attached hydrogens (tertiary/aromatic N) is 1. The molecule has 0 fully saturated rings. The van der Waals surface area contributed by atoms with Crippen LogP contribution in [0, 0.1) is 16.2 Å². The highest BCUT2D eigenvalue weighted by molar-refractivity contribution is 7.21. The van der Waals surface area contributed by atoms with Crippen molar-refractivity contribution < 1.29 is 38.2 Å². The number of nitrogens with one attached hydrogen (secondary N) is 1. The predicted molar refractivity (Wildman–Crippen MR) is 66.5 cm³/mol. The summed E-state index contributed by atoms with van der Waals surface area (Å²) in [6.45, 7) is 3.78. The van der Waals surface area contributed by atoms with Crippen molar-refractivity contribution in [2.45, 2.75) is 13.8 Å². The van der Waals surface area contributed by atoms with Crippen LogP contribution in [-0.2, 0) is 11.8 Å². The van der Waals surface area contributed by atoms with E-state index in [0.29, 0.717) is 0 Å². The van der Waals surface area contributed by atoms with E-state index in [4.69, 9.17) is 18.6 Å². The van der Waals surface area contributed by atoms with E-state index in [9.17, 15) is 4.79 Å². The Morgan fingerprint density at radius 2 is 1.76 bits per heavy atom. The minimum Gasteiger partial charge on any atom is -0.247 e. The van der Waals surface area contributed by atoms with Crippen LogP contribution in [0.15, 0.2) is 24.3 Å². The van der Waals surface area contributed by atoms with Gasteiger partial charge < -0.3 is 0 Å². The number of carbonyl (C=O) groups is 1. The van der Waals surface area contributed by atoms with Crippen LogP contribution in [0.3, 0.4) is 0 Å². The Labute approximate surface area is 127 Å². The Morgan fingerprint density at radius 1 is 1.24 bits per heavy atom. The molecule has 1 N–H and O–H groups in total. The van der Waals surface area contributed by atoms with Gasteiger partial charge in [0.25, 0.3) is 0 Å². The quantitative estimate of drug-likeness (QED) is 0.611. The summed E-state index contributed by atoms with van der Waals surface area (Å²) >= 11 is 1.60. The first kappa shape index (κ1) is 17.8. The highest BCUT2D eigenvalue weighted by Gasteiger charge is 2.19. The predicted octanol–water partition coefficient (Wildman–Crippen LogP) is -2.44. The van der Waals surface area contributed by atoms with Gasteiger partial charge in [0.05, 0.1) is 17.7 Å². The SMILES string of the molecule is CC(C)C(=O)Nc1sc2ccccc2[n+]1C.[O-][Cl+3]([O-])([O-])[O-]. The maximum absolute atomic E-state index is 11.6. The molecular weight excluding hydrogens is 320 g/mol. The molecule has 0 aliphatic rings. The van der Waals surface area contributed by atoms with Crippen molar-refractivity contribution in [2.75, 3.05) is 5.32 Å². The third-order valence-electron chi connectivity index (χ3n) is 2.49. The second kappa shape index (κ2) is 7.12. The zero-order chi connectivity index (χ0) is 16.2. The third-order valence-corrected chi connectivity index (χ3v) is 3.63. The fraction of sp³-hybridized carbons (Fsp3) is 0.333. The van der Waals surface area contributed by atoms with Gasteiger partial charge in [-0.15, -0.1) is 10.2 Å². The van der Waals surface area contributed by atoms with Gasteiger partial charge in [-0.2, -0.15) is 0 Å². The van der Waals surface area contributed by atoms with Crippen molar-refractivity contribution in [3.8, 4) is 0 Å². The normalized spacial score (nSPS) is 11.2. The number of aromatic nitrogens is 1. The minimum atomic E-state index is -4.94. The fourth-order valence-electron chi connectivity index (χ4n) is 1.46. The lowest BCUT2D eigenvalue weighted by atomic mass is 10.2. The molecule has 0 spiro atoms. The number of para-hydroxylation sites is 1. The first-order chi connectivity index (χ1) is 9.59. The number of aryl methyl sites for hydroxylation is 1. The standard InChI is InChI=1S/C12H14N2OS.ClHO4/c1-8(2)11(15)13-12-14(3)9-6-4-5-7-10(9)16-12;2-1(3,4)5/h4-8H,1-3H3;(H,2,3,4,5). The Morgan fingerprint density at radius 3 is 2.24 bits per heavy atom. The van der Waals surface area contributed by atoms with E-state index >= 15 is 0 Å². The van der Waals surface area contributed by atoms with E-state index in [1.54, 1.807) is 11.3 Å². The summed E-state index contributed by atoms with van der Waals surface area (Å²) in [6, 6.07) is 8.12. The molecule has 0 radical (unpaired) electrons. The number of anilines is 1. The van der Waals surface area contributed by atoms with Gasteiger partial charge in [-0.1, -0.05) is 26.0 Å². The Kier molecular flexibility index (Phi) is 6.02. The molecule has 0 saturated carbocycles. The molecule has 7 nitrogen and oxygen atoms in total. The number of thiazole rings is 1. The maximum Gasteiger partial charge on any atom is 0.342 e. The van der Waals surface area contributed by atoms with Crippen molar-refractivity contribution >= 4 is 32.6 Å². The monoisotopic (exact) mass is 334 g/mol. The summed E-state index contributed by atoms with van der Waals surface area (Å²) in [5, 5.41) is 3.83. The first-order valence-corrected chi connectivity index (χ1v) is 7.95. The molecule has 116 valence electrons. The highest BCUT2D eigenvalue weighted by atomic mass is 35.7. The van der Waals surface area contributed by atoms with Crippen LogP contribution in [0.2, 0.25) is 0 Å². The smallest absolute Gasteiger partial charge is 0.247 e. The molecule has 1 heterocycles. The van der Waals surface area contributed by atoms with Gasteiger partial charge in [0, 0.05) is 0 Å². The number of benzene rings is 1. The molecule has 21 heavy (non-hydrogen) atoms. The van der Waals surface area contributed by atoms with Gasteiger partial charge in [0.2, 0.25) is 0 Å². The van der Waals surface area contributed by atoms with Crippen LogP contribution in [0.4, 0.5) is 5.13 Å². The Balaban J connectivity index is 0.000000383. The van der Waals surface area contributed by atoms with Gasteiger partial charge in [0.15, 0.2) is 0 Å². The van der Waals surface area contributed by atoms with Crippen molar-refractivity contribution in [1.29, 1.82) is 0 Å². The summed E-state index contributed by atoms with van der Waals surface area (Å²) < 4.78 is 37.2. The molecule has 1 aromatic carbocycles. The van der Waals surface area contributed by atoms with E-state index in [2.05, 4.69) is 17.4 Å². The molecular formula is C12H15ClN2O5S. The third kappa shape index (κ3) is 5.92. The lowest BCUT2D eigenvalue weighted by molar-refractivity contribution is -2.00. The highest BCUT2D eigenvalue weighted by Crippen LogP contribution is 2.23. The second-order valence-electron chi connectivity index (χ2n) is 4.46. The summed E-state index contributed by atoms with van der Waals surface area (Å²) in [4.78, 5) is 11.6. The Hall–Kier alpha value is -1.29. The van der Waals surface area contributed by atoms with Crippen LogP contribution >= 0.6 is 11.3 Å². The molecule has 2 aromatic rings. The summed E-state index contributed by atoms with van der Waals surface area (Å²) in [6.07, 6.45) is 0. The van der Waals surface area contributed by atoms with Crippen LogP contribution in [0.5, 0.6) is 0 Å². The van der Waals surface area contributed by atoms with Crippen molar-refractivity contribution in [3.05, 3.63) is 24.3 Å². The van der Waals surface area contributed by atoms with E-state index in [1.807, 2.05) is 37.6 Å². The molecule has 0 atom stereocenters. The molecule has 0 unspecified atom stereocenters. The number of hydrogen-bond donors (Lipinski definition) is 1. The molecule has 1 aromatic heterocycles. The maximum atomic E-state index is 11.6. The summed E-state index contributed by atoms with van der Waals surface area (Å²) in [5.74, 6) is 0.0624. The van der Waals surface area contributed by atoms with E-state index in [1.165, 1.54) is 4.70 Å². The van der Waals surface area contributed by atoms with Crippen LogP contribution in [-0.4, -0.2) is 5.91 Å². The molecule has 2 rings (SSSR count). The zero-order valence-electron chi connectivity index (χ0n) is 11.7. The number of hydrogen-bond acceptors (Lipinski definition) is 6. The van der Waals surface area contributed by atoms with E-state index < -0.39 is 10.2 Å². The molecule has 9 heteroatoms. The van der Waals surface area contributed by atoms with Crippen LogP contribution in [0.1, 0.15) is 13.8 Å². The van der Waals surface area contributed by atoms with E-state index in [0.717, 1.165) is 10.6 Å². The zero-order valence-corrected chi connectivity index (χ0v) is 13.2. The Bertz CT molecular complexity index is 618. The summed E-state index contributed by atoms with van der Waals surface area (Å²) in [7, 11) is -2.98. The largest absolute Gasteiger partial charge is 0.342 e. The number of rotatable bonds is 2. The van der Waals surface area contributed by atoms with Gasteiger partial charge in [-0.25, -0.2) is 33.3 Å². The average molecular weight is 335 g/mol. The fourth-order valence-corrected chi connectivity index (χ4v) is 2.51. The van der Waals surface area contributed by atoms with Crippen molar-refractivity contribution in [2.24, 2.45) is 13.0 Å². The number of halogens is 1.